The van der Waals surface area contributed by atoms with Crippen molar-refractivity contribution in [1.29, 1.82) is 0 Å². The lowest BCUT2D eigenvalue weighted by Crippen LogP contribution is -2.41. The molecular formula is C15H21ClIN5. The molecule has 0 unspecified atom stereocenters. The number of nitrogens with zero attached hydrogens (tertiary/aromatic N) is 3. The van der Waals surface area contributed by atoms with E-state index >= 15 is 0 Å². The van der Waals surface area contributed by atoms with Crippen LogP contribution >= 0.6 is 35.6 Å². The first-order valence-corrected chi connectivity index (χ1v) is 7.78. The number of nitrogens with one attached hydrogen (secondary N) is 1. The second kappa shape index (κ2) is 8.01. The van der Waals surface area contributed by atoms with Crippen LogP contribution in [0.1, 0.15) is 37.8 Å². The van der Waals surface area contributed by atoms with Crippen LogP contribution in [0.3, 0.4) is 0 Å². The highest BCUT2D eigenvalue weighted by Crippen LogP contribution is 2.17. The minimum Gasteiger partial charge on any atom is -0.370 e. The molecule has 0 aliphatic heterocycles. The van der Waals surface area contributed by atoms with Gasteiger partial charge in [-0.3, -0.25) is 0 Å². The van der Waals surface area contributed by atoms with E-state index in [0.717, 1.165) is 11.3 Å². The maximum atomic E-state index is 5.96. The van der Waals surface area contributed by atoms with Crippen molar-refractivity contribution in [1.82, 2.24) is 14.7 Å². The average Bonchev–Trinajstić information content (AvgIpc) is 2.88. The highest BCUT2D eigenvalue weighted by Gasteiger charge is 2.13. The molecule has 0 aromatic carbocycles. The molecule has 5 nitrogen and oxygen atoms in total. The zero-order valence-corrected chi connectivity index (χ0v) is 15.4. The smallest absolute Gasteiger partial charge is 0.189 e. The highest BCUT2D eigenvalue weighted by molar-refractivity contribution is 14.0. The summed E-state index contributed by atoms with van der Waals surface area (Å²) in [5.41, 5.74) is 7.70. The van der Waals surface area contributed by atoms with Crippen molar-refractivity contribution in [3.63, 3.8) is 0 Å². The van der Waals surface area contributed by atoms with Gasteiger partial charge in [-0.15, -0.1) is 24.0 Å². The van der Waals surface area contributed by atoms with E-state index in [-0.39, 0.29) is 24.0 Å². The topological polar surface area (TPSA) is 67.7 Å². The van der Waals surface area contributed by atoms with E-state index in [9.17, 15) is 0 Å². The van der Waals surface area contributed by atoms with Crippen molar-refractivity contribution < 1.29 is 0 Å². The van der Waals surface area contributed by atoms with Crippen LogP contribution in [0.15, 0.2) is 29.5 Å². The average molecular weight is 434 g/mol. The molecule has 2 aromatic rings. The third kappa shape index (κ3) is 4.49. The predicted octanol–water partition coefficient (Wildman–Crippen LogP) is 3.34. The summed E-state index contributed by atoms with van der Waals surface area (Å²) in [5, 5.41) is 3.99. The second-order valence-electron chi connectivity index (χ2n) is 5.53. The molecule has 3 rings (SSSR count). The van der Waals surface area contributed by atoms with E-state index < -0.39 is 0 Å². The molecule has 7 heteroatoms. The fourth-order valence-electron chi connectivity index (χ4n) is 2.76. The summed E-state index contributed by atoms with van der Waals surface area (Å²) >= 11 is 5.96. The Morgan fingerprint density at radius 1 is 1.32 bits per heavy atom. The lowest BCUT2D eigenvalue weighted by atomic mass is 9.96. The highest BCUT2D eigenvalue weighted by atomic mass is 127. The molecule has 0 atom stereocenters. The Morgan fingerprint density at radius 2 is 2.09 bits per heavy atom. The van der Waals surface area contributed by atoms with Gasteiger partial charge in [-0.1, -0.05) is 30.9 Å². The molecule has 0 spiro atoms. The van der Waals surface area contributed by atoms with Gasteiger partial charge in [0, 0.05) is 18.4 Å². The number of hydrogen-bond donors (Lipinski definition) is 2. The summed E-state index contributed by atoms with van der Waals surface area (Å²) in [6.07, 6.45) is 10.0. The molecule has 3 N–H and O–H groups in total. The molecule has 1 fully saturated rings. The van der Waals surface area contributed by atoms with Crippen molar-refractivity contribution in [2.24, 2.45) is 10.7 Å². The number of nitrogens with two attached hydrogens (primary N) is 1. The third-order valence-electron chi connectivity index (χ3n) is 3.83. The SMILES string of the molecule is I.NC(=NCc1cn2cc(Cl)ccc2n1)NC1CCCCC1. The van der Waals surface area contributed by atoms with Crippen LogP contribution in [0.5, 0.6) is 0 Å². The van der Waals surface area contributed by atoms with Crippen LogP contribution in [0, 0.1) is 0 Å². The van der Waals surface area contributed by atoms with Gasteiger partial charge in [0.15, 0.2) is 5.96 Å². The van der Waals surface area contributed by atoms with Crippen LogP contribution in [-0.4, -0.2) is 21.4 Å². The number of guanidine groups is 1. The van der Waals surface area contributed by atoms with E-state index in [4.69, 9.17) is 17.3 Å². The summed E-state index contributed by atoms with van der Waals surface area (Å²) in [5.74, 6) is 0.511. The minimum absolute atomic E-state index is 0. The zero-order valence-electron chi connectivity index (χ0n) is 12.3. The third-order valence-corrected chi connectivity index (χ3v) is 4.06. The largest absolute Gasteiger partial charge is 0.370 e. The molecule has 1 saturated carbocycles. The van der Waals surface area contributed by atoms with E-state index in [2.05, 4.69) is 15.3 Å². The molecule has 1 aliphatic carbocycles. The normalized spacial score (nSPS) is 16.5. The maximum absolute atomic E-state index is 5.96. The van der Waals surface area contributed by atoms with Crippen LogP contribution in [0.25, 0.3) is 5.65 Å². The first-order chi connectivity index (χ1) is 10.2. The zero-order chi connectivity index (χ0) is 14.7. The minimum atomic E-state index is 0. The number of pyridine rings is 1. The predicted molar refractivity (Wildman–Crippen MR) is 101 cm³/mol. The van der Waals surface area contributed by atoms with Crippen LogP contribution < -0.4 is 11.1 Å². The number of aromatic nitrogens is 2. The number of imidazole rings is 1. The lowest BCUT2D eigenvalue weighted by Gasteiger charge is -2.23. The Balaban J connectivity index is 0.00000176. The standard InChI is InChI=1S/C15H20ClN5.HI/c16-11-6-7-14-19-13(10-21(14)9-11)8-18-15(17)20-12-4-2-1-3-5-12;/h6-7,9-10,12H,1-5,8H2,(H3,17,18,20);1H. The number of hydrogen-bond acceptors (Lipinski definition) is 2. The lowest BCUT2D eigenvalue weighted by molar-refractivity contribution is 0.412. The molecular weight excluding hydrogens is 413 g/mol. The summed E-state index contributed by atoms with van der Waals surface area (Å²) in [6.45, 7) is 0.477. The Labute approximate surface area is 152 Å². The summed E-state index contributed by atoms with van der Waals surface area (Å²) in [7, 11) is 0. The Hall–Kier alpha value is -1.02. The van der Waals surface area contributed by atoms with Gasteiger partial charge >= 0.3 is 0 Å². The van der Waals surface area contributed by atoms with E-state index in [1.165, 1.54) is 32.1 Å². The van der Waals surface area contributed by atoms with Crippen molar-refractivity contribution in [2.45, 2.75) is 44.7 Å². The molecule has 0 saturated heterocycles. The molecule has 2 heterocycles. The van der Waals surface area contributed by atoms with Crippen molar-refractivity contribution in [3.05, 3.63) is 35.2 Å². The van der Waals surface area contributed by atoms with Crippen molar-refractivity contribution in [3.8, 4) is 0 Å². The number of aliphatic imine (C=N–C) groups is 1. The van der Waals surface area contributed by atoms with Crippen molar-refractivity contribution >= 4 is 47.2 Å². The van der Waals surface area contributed by atoms with Crippen LogP contribution in [-0.2, 0) is 6.54 Å². The van der Waals surface area contributed by atoms with Gasteiger partial charge in [0.25, 0.3) is 0 Å². The molecule has 0 amide bonds. The Kier molecular flexibility index (Phi) is 6.31. The first-order valence-electron chi connectivity index (χ1n) is 7.40. The van der Waals surface area contributed by atoms with Crippen LogP contribution in [0.4, 0.5) is 0 Å². The van der Waals surface area contributed by atoms with Crippen molar-refractivity contribution in [2.75, 3.05) is 0 Å². The Bertz CT molecular complexity index is 648. The number of halogens is 2. The summed E-state index contributed by atoms with van der Waals surface area (Å²) in [6, 6.07) is 4.19. The summed E-state index contributed by atoms with van der Waals surface area (Å²) < 4.78 is 1.90. The molecule has 0 bridgehead atoms. The Morgan fingerprint density at radius 3 is 2.86 bits per heavy atom. The first kappa shape index (κ1) is 17.3. The van der Waals surface area contributed by atoms with E-state index in [1.54, 1.807) is 0 Å². The summed E-state index contributed by atoms with van der Waals surface area (Å²) in [4.78, 5) is 8.87. The fourth-order valence-corrected chi connectivity index (χ4v) is 2.93. The number of rotatable bonds is 3. The van der Waals surface area contributed by atoms with E-state index in [1.807, 2.05) is 28.9 Å². The number of fused-ring (bicyclic) bond motifs is 1. The van der Waals surface area contributed by atoms with Gasteiger partial charge in [-0.25, -0.2) is 9.98 Å². The van der Waals surface area contributed by atoms with Crippen LogP contribution in [0.2, 0.25) is 5.02 Å². The fraction of sp³-hybridized carbons (Fsp3) is 0.467. The molecule has 120 valence electrons. The second-order valence-corrected chi connectivity index (χ2v) is 5.96. The van der Waals surface area contributed by atoms with Gasteiger partial charge in [0.05, 0.1) is 17.3 Å². The van der Waals surface area contributed by atoms with Gasteiger partial charge in [0.2, 0.25) is 0 Å². The maximum Gasteiger partial charge on any atom is 0.189 e. The van der Waals surface area contributed by atoms with Gasteiger partial charge < -0.3 is 15.5 Å². The van der Waals surface area contributed by atoms with Gasteiger partial charge in [-0.2, -0.15) is 0 Å². The van der Waals surface area contributed by atoms with E-state index in [0.29, 0.717) is 23.6 Å². The monoisotopic (exact) mass is 433 g/mol. The molecule has 2 aromatic heterocycles. The molecule has 0 radical (unpaired) electrons. The molecule has 22 heavy (non-hydrogen) atoms. The quantitative estimate of drug-likeness (QED) is 0.443. The van der Waals surface area contributed by atoms with Gasteiger partial charge in [0.1, 0.15) is 5.65 Å². The van der Waals surface area contributed by atoms with Gasteiger partial charge in [-0.05, 0) is 25.0 Å². The molecule has 1 aliphatic rings.